The summed E-state index contributed by atoms with van der Waals surface area (Å²) in [6.07, 6.45) is 0. The molecule has 5 nitrogen and oxygen atoms in total. The molecule has 140 valence electrons. The highest BCUT2D eigenvalue weighted by molar-refractivity contribution is 6.46. The van der Waals surface area contributed by atoms with Crippen LogP contribution >= 0.6 is 0 Å². The van der Waals surface area contributed by atoms with Gasteiger partial charge >= 0.3 is 0 Å². The summed E-state index contributed by atoms with van der Waals surface area (Å²) in [5.74, 6) is -1.44. The highest BCUT2D eigenvalue weighted by atomic mass is 16.5. The molecule has 0 aromatic heterocycles. The maximum Gasteiger partial charge on any atom is 0.295 e. The normalized spacial score (nSPS) is 18.9. The smallest absolute Gasteiger partial charge is 0.295 e. The molecule has 2 aromatic carbocycles. The number of amides is 1. The summed E-state index contributed by atoms with van der Waals surface area (Å²) in [5, 5.41) is 10.9. The van der Waals surface area contributed by atoms with Crippen LogP contribution in [0.1, 0.15) is 28.3 Å². The first-order valence-corrected chi connectivity index (χ1v) is 8.85. The van der Waals surface area contributed by atoms with Crippen LogP contribution in [-0.4, -0.2) is 42.0 Å². The third-order valence-electron chi connectivity index (χ3n) is 4.97. The van der Waals surface area contributed by atoms with E-state index in [0.717, 1.165) is 16.7 Å². The van der Waals surface area contributed by atoms with E-state index in [2.05, 4.69) is 0 Å². The lowest BCUT2D eigenvalue weighted by Gasteiger charge is -2.25. The molecule has 0 bridgehead atoms. The summed E-state index contributed by atoms with van der Waals surface area (Å²) in [6, 6.07) is 14.1. The average molecular weight is 365 g/mol. The van der Waals surface area contributed by atoms with Gasteiger partial charge in [0.15, 0.2) is 0 Å². The molecular weight excluding hydrogens is 342 g/mol. The molecule has 1 heterocycles. The molecule has 5 heteroatoms. The van der Waals surface area contributed by atoms with Gasteiger partial charge in [-0.3, -0.25) is 9.59 Å². The van der Waals surface area contributed by atoms with Gasteiger partial charge in [-0.2, -0.15) is 0 Å². The Morgan fingerprint density at radius 1 is 1.07 bits per heavy atom. The number of carbonyl (C=O) groups excluding carboxylic acids is 2. The van der Waals surface area contributed by atoms with Crippen molar-refractivity contribution >= 4 is 17.4 Å². The summed E-state index contributed by atoms with van der Waals surface area (Å²) in [5.41, 5.74) is 3.52. The van der Waals surface area contributed by atoms with Gasteiger partial charge in [-0.05, 0) is 36.6 Å². The molecule has 1 saturated heterocycles. The van der Waals surface area contributed by atoms with Gasteiger partial charge in [-0.1, -0.05) is 42.5 Å². The number of rotatable bonds is 5. The fraction of sp³-hybridized carbons (Fsp3) is 0.273. The molecule has 2 aromatic rings. The van der Waals surface area contributed by atoms with Gasteiger partial charge in [0.2, 0.25) is 0 Å². The number of likely N-dealkylation sites (tertiary alicyclic amines) is 1. The van der Waals surface area contributed by atoms with Crippen LogP contribution in [0.25, 0.3) is 5.76 Å². The second-order valence-corrected chi connectivity index (χ2v) is 6.70. The maximum absolute atomic E-state index is 12.8. The molecule has 1 aliphatic heterocycles. The number of benzene rings is 2. The van der Waals surface area contributed by atoms with Gasteiger partial charge in [0.1, 0.15) is 5.76 Å². The first kappa shape index (κ1) is 18.9. The van der Waals surface area contributed by atoms with Gasteiger partial charge in [-0.25, -0.2) is 0 Å². The lowest BCUT2D eigenvalue weighted by molar-refractivity contribution is -0.140. The van der Waals surface area contributed by atoms with Crippen LogP contribution in [0.4, 0.5) is 0 Å². The Bertz CT molecular complexity index is 902. The van der Waals surface area contributed by atoms with E-state index in [9.17, 15) is 14.7 Å². The third kappa shape index (κ3) is 3.51. The van der Waals surface area contributed by atoms with E-state index in [1.54, 1.807) is 13.2 Å². The Labute approximate surface area is 158 Å². The van der Waals surface area contributed by atoms with Crippen molar-refractivity contribution < 1.29 is 19.4 Å². The molecule has 0 saturated carbocycles. The van der Waals surface area contributed by atoms with Crippen LogP contribution in [-0.2, 0) is 14.3 Å². The lowest BCUT2D eigenvalue weighted by atomic mass is 9.94. The number of aliphatic hydroxyl groups is 1. The number of aryl methyl sites for hydroxylation is 2. The monoisotopic (exact) mass is 365 g/mol. The van der Waals surface area contributed by atoms with Crippen molar-refractivity contribution in [1.29, 1.82) is 0 Å². The largest absolute Gasteiger partial charge is 0.507 e. The van der Waals surface area contributed by atoms with Crippen molar-refractivity contribution in [2.45, 2.75) is 19.9 Å². The molecule has 0 spiro atoms. The van der Waals surface area contributed by atoms with E-state index < -0.39 is 17.7 Å². The quantitative estimate of drug-likeness (QED) is 0.501. The van der Waals surface area contributed by atoms with E-state index in [4.69, 9.17) is 4.74 Å². The van der Waals surface area contributed by atoms with E-state index in [1.807, 2.05) is 56.3 Å². The minimum Gasteiger partial charge on any atom is -0.507 e. The Morgan fingerprint density at radius 2 is 1.78 bits per heavy atom. The molecule has 1 amide bonds. The Morgan fingerprint density at radius 3 is 2.41 bits per heavy atom. The molecule has 1 N–H and O–H groups in total. The van der Waals surface area contributed by atoms with Crippen molar-refractivity contribution in [3.8, 4) is 0 Å². The number of ketones is 1. The van der Waals surface area contributed by atoms with E-state index in [0.29, 0.717) is 12.2 Å². The fourth-order valence-corrected chi connectivity index (χ4v) is 3.33. The number of hydrogen-bond donors (Lipinski definition) is 1. The third-order valence-corrected chi connectivity index (χ3v) is 4.97. The Hall–Kier alpha value is -2.92. The first-order valence-electron chi connectivity index (χ1n) is 8.85. The molecule has 1 atom stereocenters. The molecule has 0 radical (unpaired) electrons. The zero-order valence-corrected chi connectivity index (χ0v) is 15.7. The van der Waals surface area contributed by atoms with Gasteiger partial charge in [0.05, 0.1) is 18.2 Å². The fourth-order valence-electron chi connectivity index (χ4n) is 3.33. The van der Waals surface area contributed by atoms with E-state index >= 15 is 0 Å². The predicted octanol–water partition coefficient (Wildman–Crippen LogP) is 3.37. The van der Waals surface area contributed by atoms with Crippen molar-refractivity contribution in [3.05, 3.63) is 76.4 Å². The zero-order valence-electron chi connectivity index (χ0n) is 15.7. The minimum absolute atomic E-state index is 0.116. The predicted molar refractivity (Wildman–Crippen MR) is 103 cm³/mol. The summed E-state index contributed by atoms with van der Waals surface area (Å²) in [7, 11) is 1.54. The topological polar surface area (TPSA) is 66.8 Å². The van der Waals surface area contributed by atoms with Crippen LogP contribution in [0, 0.1) is 13.8 Å². The van der Waals surface area contributed by atoms with Gasteiger partial charge in [0.25, 0.3) is 11.7 Å². The summed E-state index contributed by atoms with van der Waals surface area (Å²) in [6.45, 7) is 4.50. The number of hydrogen-bond acceptors (Lipinski definition) is 4. The van der Waals surface area contributed by atoms with Crippen LogP contribution in [0.5, 0.6) is 0 Å². The van der Waals surface area contributed by atoms with Crippen molar-refractivity contribution in [1.82, 2.24) is 4.90 Å². The number of ether oxygens (including phenoxy) is 1. The van der Waals surface area contributed by atoms with Crippen LogP contribution in [0.15, 0.2) is 54.1 Å². The number of carbonyl (C=O) groups is 2. The molecule has 0 aliphatic carbocycles. The average Bonchev–Trinajstić information content (AvgIpc) is 2.93. The van der Waals surface area contributed by atoms with Gasteiger partial charge in [0, 0.05) is 19.2 Å². The Balaban J connectivity index is 2.16. The maximum atomic E-state index is 12.8. The summed E-state index contributed by atoms with van der Waals surface area (Å²) in [4.78, 5) is 26.9. The Kier molecular flexibility index (Phi) is 5.42. The second-order valence-electron chi connectivity index (χ2n) is 6.70. The highest BCUT2D eigenvalue weighted by Crippen LogP contribution is 2.39. The van der Waals surface area contributed by atoms with Crippen molar-refractivity contribution in [3.63, 3.8) is 0 Å². The van der Waals surface area contributed by atoms with E-state index in [-0.39, 0.29) is 17.9 Å². The molecule has 1 fully saturated rings. The molecule has 3 rings (SSSR count). The second kappa shape index (κ2) is 7.76. The van der Waals surface area contributed by atoms with Crippen LogP contribution in [0.3, 0.4) is 0 Å². The first-order chi connectivity index (χ1) is 13.0. The highest BCUT2D eigenvalue weighted by Gasteiger charge is 2.45. The number of aliphatic hydroxyl groups excluding tert-OH is 1. The van der Waals surface area contributed by atoms with Gasteiger partial charge in [-0.15, -0.1) is 0 Å². The minimum atomic E-state index is -0.671. The number of methoxy groups -OCH3 is 1. The van der Waals surface area contributed by atoms with Crippen molar-refractivity contribution in [2.24, 2.45) is 0 Å². The van der Waals surface area contributed by atoms with Gasteiger partial charge < -0.3 is 14.7 Å². The number of nitrogens with zero attached hydrogens (tertiary/aromatic N) is 1. The summed E-state index contributed by atoms with van der Waals surface area (Å²) < 4.78 is 5.10. The molecule has 1 unspecified atom stereocenters. The van der Waals surface area contributed by atoms with Crippen LogP contribution < -0.4 is 0 Å². The molecule has 27 heavy (non-hydrogen) atoms. The number of Topliss-reactive ketones (excluding diaryl/α,β-unsaturated/α-hetero) is 1. The van der Waals surface area contributed by atoms with Crippen LogP contribution in [0.2, 0.25) is 0 Å². The van der Waals surface area contributed by atoms with E-state index in [1.165, 1.54) is 4.90 Å². The summed E-state index contributed by atoms with van der Waals surface area (Å²) >= 11 is 0. The molecular formula is C22H23NO4. The standard InChI is InChI=1S/C22H23NO4/c1-14-9-10-17(13-15(14)2)20(24)18-19(16-7-5-4-6-8-16)23(11-12-27-3)22(26)21(18)25/h4-10,13,19,24H,11-12H2,1-3H3/b20-18-. The molecule has 1 aliphatic rings. The lowest BCUT2D eigenvalue weighted by Crippen LogP contribution is -2.32. The van der Waals surface area contributed by atoms with Crippen molar-refractivity contribution in [2.75, 3.05) is 20.3 Å². The SMILES string of the molecule is COCCN1C(=O)C(=O)/C(=C(\O)c2ccc(C)c(C)c2)C1c1ccccc1. The zero-order chi connectivity index (χ0) is 19.6.